The maximum Gasteiger partial charge on any atom is 0.0838 e. The maximum atomic E-state index is 8.45. The molecule has 0 aliphatic carbocycles. The van der Waals surface area contributed by atoms with Gasteiger partial charge < -0.3 is 10.5 Å². The van der Waals surface area contributed by atoms with Crippen LogP contribution in [0.5, 0.6) is 0 Å². The molecule has 0 unspecified atom stereocenters. The zero-order valence-corrected chi connectivity index (χ0v) is 6.10. The molecule has 0 aliphatic rings. The van der Waals surface area contributed by atoms with E-state index in [0.29, 0.717) is 11.3 Å². The first-order valence-electron chi connectivity index (χ1n) is 2.99. The summed E-state index contributed by atoms with van der Waals surface area (Å²) >= 11 is 0. The van der Waals surface area contributed by atoms with Crippen molar-refractivity contribution in [1.29, 1.82) is 5.41 Å². The minimum absolute atomic E-state index is 0.202. The predicted molar refractivity (Wildman–Crippen MR) is 39.0 cm³/mol. The molecule has 0 aromatic carbocycles. The number of allylic oxidation sites excluding steroid dienone is 1. The lowest BCUT2D eigenvalue weighted by Crippen LogP contribution is -2.06. The molecule has 2 N–H and O–H groups in total. The van der Waals surface area contributed by atoms with Crippen LogP contribution in [-0.2, 0) is 0 Å². The summed E-state index contributed by atoms with van der Waals surface area (Å²) < 4.78 is 0. The smallest absolute Gasteiger partial charge is 0.0838 e. The van der Waals surface area contributed by atoms with Crippen molar-refractivity contribution in [3.63, 3.8) is 0 Å². The van der Waals surface area contributed by atoms with Gasteiger partial charge in [0.15, 0.2) is 0 Å². The predicted octanol–water partition coefficient (Wildman–Crippen LogP) is 2.12. The van der Waals surface area contributed by atoms with Crippen LogP contribution in [0.1, 0.15) is 20.8 Å². The Labute approximate surface area is 55.7 Å². The molecule has 0 saturated carbocycles. The summed E-state index contributed by atoms with van der Waals surface area (Å²) in [4.78, 5) is 0. The van der Waals surface area contributed by atoms with Crippen molar-refractivity contribution in [2.24, 2.45) is 5.92 Å². The van der Waals surface area contributed by atoms with Crippen LogP contribution in [0.25, 0.3) is 0 Å². The van der Waals surface area contributed by atoms with Gasteiger partial charge in [-0.25, -0.2) is 0 Å². The van der Waals surface area contributed by atoms with Gasteiger partial charge in [0, 0.05) is 11.3 Å². The fraction of sp³-hybridized carbons (Fsp3) is 0.571. The molecule has 0 atom stereocenters. The van der Waals surface area contributed by atoms with Gasteiger partial charge in [-0.2, -0.15) is 0 Å². The Morgan fingerprint density at radius 3 is 2.11 bits per heavy atom. The Bertz CT molecular complexity index is 136. The van der Waals surface area contributed by atoms with Crippen LogP contribution in [0.3, 0.4) is 0 Å². The molecule has 0 bridgehead atoms. The van der Waals surface area contributed by atoms with E-state index in [1.807, 2.05) is 13.8 Å². The first kappa shape index (κ1) is 8.21. The van der Waals surface area contributed by atoms with Crippen molar-refractivity contribution in [2.45, 2.75) is 20.8 Å². The molecule has 0 aromatic heterocycles. The minimum Gasteiger partial charge on any atom is -0.515 e. The highest BCUT2D eigenvalue weighted by Gasteiger charge is 2.03. The van der Waals surface area contributed by atoms with E-state index in [1.165, 1.54) is 0 Å². The summed E-state index contributed by atoms with van der Waals surface area (Å²) in [6.45, 7) is 5.58. The second kappa shape index (κ2) is 3.28. The molecule has 0 spiro atoms. The quantitative estimate of drug-likeness (QED) is 0.433. The highest BCUT2D eigenvalue weighted by molar-refractivity contribution is 5.98. The first-order chi connectivity index (χ1) is 4.09. The molecule has 0 amide bonds. The summed E-state index contributed by atoms with van der Waals surface area (Å²) in [6.07, 6.45) is 0.975. The van der Waals surface area contributed by atoms with Crippen molar-refractivity contribution in [2.75, 3.05) is 0 Å². The molecule has 0 aromatic rings. The zero-order valence-electron chi connectivity index (χ0n) is 6.10. The molecule has 0 fully saturated rings. The number of hydrogen-bond donors (Lipinski definition) is 2. The van der Waals surface area contributed by atoms with Crippen LogP contribution in [0.4, 0.5) is 0 Å². The molecule has 9 heavy (non-hydrogen) atoms. The van der Waals surface area contributed by atoms with E-state index < -0.39 is 0 Å². The van der Waals surface area contributed by atoms with Gasteiger partial charge in [-0.05, 0) is 12.8 Å². The molecule has 52 valence electrons. The van der Waals surface area contributed by atoms with Crippen LogP contribution >= 0.6 is 0 Å². The average molecular weight is 127 g/mol. The van der Waals surface area contributed by atoms with E-state index in [4.69, 9.17) is 10.5 Å². The lowest BCUT2D eigenvalue weighted by molar-refractivity contribution is 0.469. The molecule has 0 heterocycles. The summed E-state index contributed by atoms with van der Waals surface area (Å²) in [5.41, 5.74) is 1.14. The van der Waals surface area contributed by atoms with Gasteiger partial charge >= 0.3 is 0 Å². The van der Waals surface area contributed by atoms with E-state index in [-0.39, 0.29) is 5.92 Å². The molecular formula is C7H13NO. The van der Waals surface area contributed by atoms with Gasteiger partial charge in [-0.15, -0.1) is 0 Å². The van der Waals surface area contributed by atoms with E-state index in [9.17, 15) is 0 Å². The van der Waals surface area contributed by atoms with Crippen LogP contribution < -0.4 is 0 Å². The fourth-order valence-corrected chi connectivity index (χ4v) is 0.525. The topological polar surface area (TPSA) is 44.1 Å². The lowest BCUT2D eigenvalue weighted by Gasteiger charge is -2.04. The van der Waals surface area contributed by atoms with Crippen LogP contribution in [0.15, 0.2) is 11.8 Å². The third-order valence-electron chi connectivity index (χ3n) is 1.20. The second-order valence-electron chi connectivity index (χ2n) is 2.38. The summed E-state index contributed by atoms with van der Waals surface area (Å²) in [5, 5.41) is 15.8. The van der Waals surface area contributed by atoms with Gasteiger partial charge in [0.2, 0.25) is 0 Å². The molecule has 2 nitrogen and oxygen atoms in total. The SMILES string of the molecule is C/C(=C/O)C(=N)C(C)C. The van der Waals surface area contributed by atoms with Gasteiger partial charge in [0.1, 0.15) is 0 Å². The largest absolute Gasteiger partial charge is 0.515 e. The number of hydrogen-bond acceptors (Lipinski definition) is 2. The normalized spacial score (nSPS) is 12.2. The van der Waals surface area contributed by atoms with E-state index in [0.717, 1.165) is 6.26 Å². The van der Waals surface area contributed by atoms with Crippen LogP contribution in [-0.4, -0.2) is 10.8 Å². The Hall–Kier alpha value is -0.790. The third kappa shape index (κ3) is 2.31. The summed E-state index contributed by atoms with van der Waals surface area (Å²) in [7, 11) is 0. The molecule has 0 rings (SSSR count). The number of rotatable bonds is 2. The monoisotopic (exact) mass is 127 g/mol. The van der Waals surface area contributed by atoms with Crippen molar-refractivity contribution < 1.29 is 5.11 Å². The third-order valence-corrected chi connectivity index (χ3v) is 1.20. The van der Waals surface area contributed by atoms with Gasteiger partial charge in [-0.1, -0.05) is 13.8 Å². The molecule has 2 heteroatoms. The molecule has 0 aliphatic heterocycles. The number of aliphatic hydroxyl groups is 1. The van der Waals surface area contributed by atoms with Crippen molar-refractivity contribution in [1.82, 2.24) is 0 Å². The number of aliphatic hydroxyl groups excluding tert-OH is 1. The van der Waals surface area contributed by atoms with E-state index in [1.54, 1.807) is 6.92 Å². The first-order valence-corrected chi connectivity index (χ1v) is 2.99. The number of nitrogens with one attached hydrogen (secondary N) is 1. The zero-order chi connectivity index (χ0) is 7.44. The minimum atomic E-state index is 0.202. The van der Waals surface area contributed by atoms with Gasteiger partial charge in [0.25, 0.3) is 0 Å². The Morgan fingerprint density at radius 2 is 2.00 bits per heavy atom. The maximum absolute atomic E-state index is 8.45. The molecule has 0 saturated heterocycles. The Morgan fingerprint density at radius 1 is 1.56 bits per heavy atom. The fourth-order valence-electron chi connectivity index (χ4n) is 0.525. The molecule has 0 radical (unpaired) electrons. The lowest BCUT2D eigenvalue weighted by atomic mass is 10.0. The standard InChI is InChI=1S/C7H13NO/c1-5(2)7(8)6(3)4-9/h4-5,8-9H,1-3H3/b6-4-,8-7?. The van der Waals surface area contributed by atoms with E-state index >= 15 is 0 Å². The van der Waals surface area contributed by atoms with E-state index in [2.05, 4.69) is 0 Å². The van der Waals surface area contributed by atoms with Gasteiger partial charge in [-0.3, -0.25) is 0 Å². The average Bonchev–Trinajstić information content (AvgIpc) is 1.84. The van der Waals surface area contributed by atoms with Gasteiger partial charge in [0.05, 0.1) is 6.26 Å². The molecular weight excluding hydrogens is 114 g/mol. The van der Waals surface area contributed by atoms with Crippen molar-refractivity contribution in [3.05, 3.63) is 11.8 Å². The van der Waals surface area contributed by atoms with Crippen molar-refractivity contribution in [3.8, 4) is 0 Å². The summed E-state index contributed by atoms with van der Waals surface area (Å²) in [5.74, 6) is 0.202. The Balaban J connectivity index is 4.06. The Kier molecular flexibility index (Phi) is 2.99. The highest BCUT2D eigenvalue weighted by Crippen LogP contribution is 2.03. The summed E-state index contributed by atoms with van der Waals surface area (Å²) in [6, 6.07) is 0. The second-order valence-corrected chi connectivity index (χ2v) is 2.38. The highest BCUT2D eigenvalue weighted by atomic mass is 16.2. The van der Waals surface area contributed by atoms with Crippen molar-refractivity contribution >= 4 is 5.71 Å². The van der Waals surface area contributed by atoms with Crippen LogP contribution in [0.2, 0.25) is 0 Å². The van der Waals surface area contributed by atoms with Crippen LogP contribution in [0, 0.1) is 11.3 Å².